The molecule has 0 heterocycles. The van der Waals surface area contributed by atoms with Gasteiger partial charge in [-0.1, -0.05) is 30.9 Å². The smallest absolute Gasteiger partial charge is 0.112 e. The molecule has 1 aromatic rings. The Morgan fingerprint density at radius 3 is 2.43 bits per heavy atom. The Kier molecular flexibility index (Phi) is 3.37. The summed E-state index contributed by atoms with van der Waals surface area (Å²) in [6.07, 6.45) is 11.2. The standard InChI is InChI=1S/C20H24O/c1-2-14-4-3-5-15(6-14)12-21-13-20-18-8-16-7-17(10-18)11-19(20)9-16/h2-6,13,16-19H,1,7-12H2. The second-order valence-electron chi connectivity index (χ2n) is 7.18. The van der Waals surface area contributed by atoms with Gasteiger partial charge in [-0.25, -0.2) is 0 Å². The van der Waals surface area contributed by atoms with Crippen LogP contribution < -0.4 is 0 Å². The van der Waals surface area contributed by atoms with Crippen LogP contribution in [0.2, 0.25) is 0 Å². The monoisotopic (exact) mass is 280 g/mol. The summed E-state index contributed by atoms with van der Waals surface area (Å²) in [5.41, 5.74) is 4.02. The second-order valence-corrected chi connectivity index (χ2v) is 7.18. The van der Waals surface area contributed by atoms with Crippen molar-refractivity contribution in [3.05, 3.63) is 53.8 Å². The van der Waals surface area contributed by atoms with Crippen molar-refractivity contribution in [1.29, 1.82) is 0 Å². The molecule has 0 spiro atoms. The Morgan fingerprint density at radius 2 is 1.76 bits per heavy atom. The van der Waals surface area contributed by atoms with E-state index in [9.17, 15) is 0 Å². The molecule has 4 bridgehead atoms. The Labute approximate surface area is 127 Å². The lowest BCUT2D eigenvalue weighted by atomic mass is 9.54. The third-order valence-electron chi connectivity index (χ3n) is 5.74. The molecular weight excluding hydrogens is 256 g/mol. The van der Waals surface area contributed by atoms with E-state index in [0.29, 0.717) is 6.61 Å². The van der Waals surface area contributed by atoms with Crippen molar-refractivity contribution in [3.8, 4) is 0 Å². The maximum atomic E-state index is 5.95. The van der Waals surface area contributed by atoms with Crippen molar-refractivity contribution in [2.45, 2.75) is 38.7 Å². The van der Waals surface area contributed by atoms with Crippen LogP contribution in [0, 0.1) is 23.7 Å². The van der Waals surface area contributed by atoms with Gasteiger partial charge in [0.2, 0.25) is 0 Å². The molecule has 4 saturated carbocycles. The van der Waals surface area contributed by atoms with E-state index in [2.05, 4.69) is 37.1 Å². The Morgan fingerprint density at radius 1 is 1.05 bits per heavy atom. The average Bonchev–Trinajstić information content (AvgIpc) is 2.49. The second kappa shape index (κ2) is 5.36. The number of hydrogen-bond donors (Lipinski definition) is 0. The molecule has 0 radical (unpaired) electrons. The Hall–Kier alpha value is -1.50. The molecule has 4 aliphatic carbocycles. The summed E-state index contributed by atoms with van der Waals surface area (Å²) in [6.45, 7) is 4.50. The molecule has 0 atom stereocenters. The quantitative estimate of drug-likeness (QED) is 0.690. The highest BCUT2D eigenvalue weighted by atomic mass is 16.5. The summed E-state index contributed by atoms with van der Waals surface area (Å²) < 4.78 is 5.95. The van der Waals surface area contributed by atoms with Crippen molar-refractivity contribution >= 4 is 6.08 Å². The SMILES string of the molecule is C=Cc1cccc(COC=C2C3CC4CC(C3)CC2C4)c1. The minimum atomic E-state index is 0.678. The van der Waals surface area contributed by atoms with E-state index in [0.717, 1.165) is 23.7 Å². The highest BCUT2D eigenvalue weighted by molar-refractivity contribution is 5.47. The van der Waals surface area contributed by atoms with Gasteiger partial charge in [-0.2, -0.15) is 0 Å². The summed E-state index contributed by atoms with van der Waals surface area (Å²) in [5.74, 6) is 3.71. The lowest BCUT2D eigenvalue weighted by Gasteiger charge is -2.51. The predicted molar refractivity (Wildman–Crippen MR) is 86.5 cm³/mol. The molecule has 4 fully saturated rings. The van der Waals surface area contributed by atoms with Crippen LogP contribution in [-0.2, 0) is 11.3 Å². The van der Waals surface area contributed by atoms with E-state index in [4.69, 9.17) is 4.74 Å². The minimum Gasteiger partial charge on any atom is -0.497 e. The highest BCUT2D eigenvalue weighted by Crippen LogP contribution is 2.56. The summed E-state index contributed by atoms with van der Waals surface area (Å²) in [6, 6.07) is 8.43. The molecule has 1 heteroatoms. The van der Waals surface area contributed by atoms with Gasteiger partial charge >= 0.3 is 0 Å². The van der Waals surface area contributed by atoms with Gasteiger partial charge < -0.3 is 4.74 Å². The van der Waals surface area contributed by atoms with Gasteiger partial charge in [-0.05, 0) is 78.5 Å². The Balaban J connectivity index is 1.42. The molecule has 1 nitrogen and oxygen atoms in total. The van der Waals surface area contributed by atoms with Crippen molar-refractivity contribution in [3.63, 3.8) is 0 Å². The van der Waals surface area contributed by atoms with Crippen LogP contribution in [0.3, 0.4) is 0 Å². The van der Waals surface area contributed by atoms with Crippen LogP contribution in [0.25, 0.3) is 6.08 Å². The zero-order chi connectivity index (χ0) is 14.2. The molecule has 1 aromatic carbocycles. The van der Waals surface area contributed by atoms with Crippen molar-refractivity contribution < 1.29 is 4.74 Å². The highest BCUT2D eigenvalue weighted by Gasteiger charge is 2.45. The van der Waals surface area contributed by atoms with E-state index in [-0.39, 0.29) is 0 Å². The third-order valence-corrected chi connectivity index (χ3v) is 5.74. The van der Waals surface area contributed by atoms with Gasteiger partial charge in [-0.3, -0.25) is 0 Å². The van der Waals surface area contributed by atoms with E-state index in [1.807, 2.05) is 6.08 Å². The molecule has 0 aromatic heterocycles. The molecule has 0 saturated heterocycles. The van der Waals surface area contributed by atoms with Crippen LogP contribution in [0.1, 0.15) is 43.2 Å². The normalized spacial score (nSPS) is 33.0. The summed E-state index contributed by atoms with van der Waals surface area (Å²) in [4.78, 5) is 0. The zero-order valence-electron chi connectivity index (χ0n) is 12.6. The number of ether oxygens (including phenoxy) is 1. The first-order chi connectivity index (χ1) is 10.3. The first-order valence-electron chi connectivity index (χ1n) is 8.34. The number of benzene rings is 1. The van der Waals surface area contributed by atoms with Gasteiger partial charge in [0.25, 0.3) is 0 Å². The number of hydrogen-bond acceptors (Lipinski definition) is 1. The average molecular weight is 280 g/mol. The molecule has 4 aliphatic rings. The summed E-state index contributed by atoms with van der Waals surface area (Å²) >= 11 is 0. The zero-order valence-corrected chi connectivity index (χ0v) is 12.6. The van der Waals surface area contributed by atoms with Gasteiger partial charge in [0.15, 0.2) is 0 Å². The maximum Gasteiger partial charge on any atom is 0.112 e. The number of rotatable bonds is 4. The lowest BCUT2D eigenvalue weighted by molar-refractivity contribution is 0.0632. The molecule has 5 rings (SSSR count). The largest absolute Gasteiger partial charge is 0.497 e. The fourth-order valence-electron chi connectivity index (χ4n) is 4.96. The molecule has 21 heavy (non-hydrogen) atoms. The third kappa shape index (κ3) is 2.54. The van der Waals surface area contributed by atoms with Crippen molar-refractivity contribution in [2.24, 2.45) is 23.7 Å². The summed E-state index contributed by atoms with van der Waals surface area (Å²) in [7, 11) is 0. The first kappa shape index (κ1) is 13.2. The molecule has 0 aliphatic heterocycles. The number of allylic oxidation sites excluding steroid dienone is 1. The van der Waals surface area contributed by atoms with Gasteiger partial charge in [-0.15, -0.1) is 0 Å². The molecule has 0 amide bonds. The lowest BCUT2D eigenvalue weighted by Crippen LogP contribution is -2.40. The topological polar surface area (TPSA) is 9.23 Å². The van der Waals surface area contributed by atoms with Crippen LogP contribution in [0.4, 0.5) is 0 Å². The van der Waals surface area contributed by atoms with Gasteiger partial charge in [0.1, 0.15) is 6.61 Å². The molecular formula is C20H24O. The maximum absolute atomic E-state index is 5.95. The molecule has 0 N–H and O–H groups in total. The van der Waals surface area contributed by atoms with E-state index >= 15 is 0 Å². The summed E-state index contributed by atoms with van der Waals surface area (Å²) in [5, 5.41) is 0. The first-order valence-corrected chi connectivity index (χ1v) is 8.34. The fourth-order valence-corrected chi connectivity index (χ4v) is 4.96. The Bertz CT molecular complexity index is 539. The van der Waals surface area contributed by atoms with Gasteiger partial charge in [0, 0.05) is 0 Å². The van der Waals surface area contributed by atoms with Crippen LogP contribution in [0.15, 0.2) is 42.7 Å². The van der Waals surface area contributed by atoms with E-state index in [1.165, 1.54) is 43.2 Å². The molecule has 0 unspecified atom stereocenters. The van der Waals surface area contributed by atoms with E-state index < -0.39 is 0 Å². The van der Waals surface area contributed by atoms with Crippen molar-refractivity contribution in [2.75, 3.05) is 0 Å². The predicted octanol–water partition coefficient (Wildman–Crippen LogP) is 5.19. The fraction of sp³-hybridized carbons (Fsp3) is 0.500. The van der Waals surface area contributed by atoms with Crippen LogP contribution >= 0.6 is 0 Å². The van der Waals surface area contributed by atoms with Crippen LogP contribution in [-0.4, -0.2) is 0 Å². The van der Waals surface area contributed by atoms with Gasteiger partial charge in [0.05, 0.1) is 6.26 Å². The molecule has 110 valence electrons. The van der Waals surface area contributed by atoms with Crippen molar-refractivity contribution in [1.82, 2.24) is 0 Å². The van der Waals surface area contributed by atoms with Crippen LogP contribution in [0.5, 0.6) is 0 Å². The minimum absolute atomic E-state index is 0.678. The van der Waals surface area contributed by atoms with E-state index in [1.54, 1.807) is 5.57 Å².